The van der Waals surface area contributed by atoms with Gasteiger partial charge in [-0.25, -0.2) is 17.5 Å². The van der Waals surface area contributed by atoms with Crippen LogP contribution in [0.3, 0.4) is 0 Å². The number of primary amides is 1. The van der Waals surface area contributed by atoms with E-state index in [2.05, 4.69) is 16.0 Å². The molecule has 2 aliphatic carbocycles. The molecule has 2 saturated carbocycles. The molecule has 6 atom stereocenters. The van der Waals surface area contributed by atoms with Gasteiger partial charge in [0.2, 0.25) is 17.6 Å². The molecule has 1 aliphatic heterocycles. The Morgan fingerprint density at radius 3 is 2.08 bits per heavy atom. The number of likely N-dealkylation sites (N-methyl/N-ethyl adjacent to an activating group) is 1. The summed E-state index contributed by atoms with van der Waals surface area (Å²) >= 11 is 0. The summed E-state index contributed by atoms with van der Waals surface area (Å²) in [5, 5.41) is 7.97. The van der Waals surface area contributed by atoms with Gasteiger partial charge in [-0.05, 0) is 60.5 Å². The van der Waals surface area contributed by atoms with Gasteiger partial charge in [-0.2, -0.15) is 0 Å². The van der Waals surface area contributed by atoms with E-state index in [9.17, 15) is 37.2 Å². The first-order valence-corrected chi connectivity index (χ1v) is 17.9. The van der Waals surface area contributed by atoms with Crippen LogP contribution in [0, 0.1) is 29.1 Å². The molecule has 14 nitrogen and oxygen atoms in total. The number of hydrogen-bond acceptors (Lipinski definition) is 8. The summed E-state index contributed by atoms with van der Waals surface area (Å²) in [4.78, 5) is 80.5. The van der Waals surface area contributed by atoms with Crippen molar-refractivity contribution in [1.29, 1.82) is 0 Å². The van der Waals surface area contributed by atoms with E-state index in [-0.39, 0.29) is 29.2 Å². The average molecular weight is 689 g/mol. The van der Waals surface area contributed by atoms with Crippen molar-refractivity contribution in [2.24, 2.45) is 34.8 Å². The van der Waals surface area contributed by atoms with Crippen molar-refractivity contribution in [3.8, 4) is 0 Å². The molecule has 0 radical (unpaired) electrons. The number of benzene rings is 1. The number of sulfonamides is 1. The van der Waals surface area contributed by atoms with Crippen molar-refractivity contribution >= 4 is 45.5 Å². The van der Waals surface area contributed by atoms with Crippen LogP contribution in [0.4, 0.5) is 4.79 Å². The molecule has 3 fully saturated rings. The van der Waals surface area contributed by atoms with Gasteiger partial charge in [0.05, 0.1) is 10.9 Å². The molecule has 1 unspecified atom stereocenters. The zero-order chi connectivity index (χ0) is 35.7. The van der Waals surface area contributed by atoms with Gasteiger partial charge in [0, 0.05) is 13.6 Å². The molecule has 0 spiro atoms. The lowest BCUT2D eigenvalue weighted by Crippen LogP contribution is -2.62. The monoisotopic (exact) mass is 688 g/mol. The highest BCUT2D eigenvalue weighted by Gasteiger charge is 2.54. The molecule has 1 saturated heterocycles. The Morgan fingerprint density at radius 2 is 1.58 bits per heavy atom. The second kappa shape index (κ2) is 14.2. The first-order chi connectivity index (χ1) is 22.3. The molecule has 264 valence electrons. The van der Waals surface area contributed by atoms with E-state index in [4.69, 9.17) is 5.73 Å². The van der Waals surface area contributed by atoms with Crippen molar-refractivity contribution in [1.82, 2.24) is 25.2 Å². The number of likely N-dealkylation sites (tertiary alicyclic amines) is 1. The number of carbonyl (C=O) groups is 6. The van der Waals surface area contributed by atoms with Crippen LogP contribution in [0.5, 0.6) is 0 Å². The number of Topliss-reactive ketones (excluding diaryl/α,β-unsaturated/α-hetero) is 1. The Hall–Kier alpha value is -4.01. The fraction of sp³-hybridized carbons (Fsp3) is 0.636. The molecule has 5 N–H and O–H groups in total. The number of fused-ring (bicyclic) bond motifs is 1. The highest BCUT2D eigenvalue weighted by atomic mass is 32.2. The molecule has 4 rings (SSSR count). The zero-order valence-electron chi connectivity index (χ0n) is 28.4. The average Bonchev–Trinajstić information content (AvgIpc) is 3.78. The molecule has 1 heterocycles. The number of amides is 6. The summed E-state index contributed by atoms with van der Waals surface area (Å²) in [6.45, 7) is 8.83. The van der Waals surface area contributed by atoms with Gasteiger partial charge in [-0.3, -0.25) is 24.0 Å². The summed E-state index contributed by atoms with van der Waals surface area (Å²) in [6.07, 6.45) is 3.60. The zero-order valence-corrected chi connectivity index (χ0v) is 29.2. The molecule has 48 heavy (non-hydrogen) atoms. The van der Waals surface area contributed by atoms with Crippen molar-refractivity contribution in [2.75, 3.05) is 13.6 Å². The molecular formula is C33H48N6O8S. The Kier molecular flexibility index (Phi) is 10.9. The number of urea groups is 1. The van der Waals surface area contributed by atoms with E-state index in [1.54, 1.807) is 40.7 Å². The third kappa shape index (κ3) is 7.99. The molecule has 1 aromatic rings. The largest absolute Gasteiger partial charge is 0.363 e. The molecular weight excluding hydrogens is 640 g/mol. The minimum atomic E-state index is -4.20. The van der Waals surface area contributed by atoms with Gasteiger partial charge in [-0.1, -0.05) is 65.7 Å². The van der Waals surface area contributed by atoms with Gasteiger partial charge >= 0.3 is 6.03 Å². The molecule has 15 heteroatoms. The highest BCUT2D eigenvalue weighted by molar-refractivity contribution is 7.89. The molecule has 6 amide bonds. The summed E-state index contributed by atoms with van der Waals surface area (Å²) in [6, 6.07) is 2.21. The van der Waals surface area contributed by atoms with E-state index in [1.807, 2.05) is 0 Å². The van der Waals surface area contributed by atoms with Crippen LogP contribution >= 0.6 is 0 Å². The third-order valence-electron chi connectivity index (χ3n) is 9.66. The number of nitrogens with one attached hydrogen (secondary N) is 3. The lowest BCUT2D eigenvalue weighted by molar-refractivity contribution is -0.144. The lowest BCUT2D eigenvalue weighted by Gasteiger charge is -2.37. The van der Waals surface area contributed by atoms with E-state index >= 15 is 0 Å². The fourth-order valence-corrected chi connectivity index (χ4v) is 7.62. The number of hydrogen-bond donors (Lipinski definition) is 4. The quantitative estimate of drug-likeness (QED) is 0.221. The smallest absolute Gasteiger partial charge is 0.316 e. The van der Waals surface area contributed by atoms with Gasteiger partial charge in [-0.15, -0.1) is 0 Å². The Labute approximate surface area is 282 Å². The Morgan fingerprint density at radius 1 is 0.958 bits per heavy atom. The first-order valence-electron chi connectivity index (χ1n) is 16.4. The van der Waals surface area contributed by atoms with Gasteiger partial charge in [0.25, 0.3) is 21.8 Å². The highest BCUT2D eigenvalue weighted by Crippen LogP contribution is 2.46. The van der Waals surface area contributed by atoms with Crippen molar-refractivity contribution in [3.05, 3.63) is 30.3 Å². The van der Waals surface area contributed by atoms with Crippen molar-refractivity contribution in [3.63, 3.8) is 0 Å². The number of ketones is 1. The molecule has 0 bridgehead atoms. The summed E-state index contributed by atoms with van der Waals surface area (Å²) in [7, 11) is -3.07. The standard InChI is InChI=1S/C33H48N6O8S/c1-18(2)24(30(43)38(6)48(46,47)21-10-8-7-9-11-21)36-32(45)37-27(33(3,4)5)31(44)39-17-20-14-15-22(20)25(39)29(42)35-23(16-19-12-13-19)26(40)28(34)41/h7-11,18-20,22-25,27H,12-17H2,1-6H3,(H2,34,41)(H,35,42)(H2,36,37,45)/t20-,22-,23?,24-,25-,27+/m0/s1. The SMILES string of the molecule is CC(C)[C@H](NC(=O)N[C@H](C(=O)N1C[C@@H]2CC[C@@H]2[C@H]1C(=O)NC(CC1CC1)C(=O)C(N)=O)C(C)(C)C)C(=O)N(C)S(=O)(=O)c1ccccc1. The number of rotatable bonds is 13. The number of nitrogens with zero attached hydrogens (tertiary/aromatic N) is 2. The minimum absolute atomic E-state index is 0.0675. The van der Waals surface area contributed by atoms with Crippen LogP contribution in [0.15, 0.2) is 35.2 Å². The maximum absolute atomic E-state index is 14.2. The Bertz CT molecular complexity index is 1540. The van der Waals surface area contributed by atoms with Crippen molar-refractivity contribution in [2.45, 2.75) is 95.8 Å². The van der Waals surface area contributed by atoms with E-state index in [1.165, 1.54) is 29.2 Å². The van der Waals surface area contributed by atoms with Gasteiger partial charge in [0.1, 0.15) is 18.1 Å². The predicted octanol–water partition coefficient (Wildman–Crippen LogP) is 1.15. The van der Waals surface area contributed by atoms with Crippen LogP contribution in [0.1, 0.15) is 66.7 Å². The normalized spacial score (nSPS) is 22.4. The molecule has 0 aromatic heterocycles. The van der Waals surface area contributed by atoms with Crippen LogP contribution in [-0.4, -0.2) is 90.8 Å². The summed E-state index contributed by atoms with van der Waals surface area (Å²) in [5.74, 6) is -4.30. The van der Waals surface area contributed by atoms with Crippen LogP contribution < -0.4 is 21.7 Å². The van der Waals surface area contributed by atoms with Gasteiger partial charge < -0.3 is 26.6 Å². The first kappa shape index (κ1) is 36.8. The predicted molar refractivity (Wildman–Crippen MR) is 175 cm³/mol. The number of carbonyl (C=O) groups excluding carboxylic acids is 6. The second-order valence-electron chi connectivity index (χ2n) is 14.7. The molecule has 3 aliphatic rings. The molecule has 1 aromatic carbocycles. The van der Waals surface area contributed by atoms with E-state index < -0.39 is 81.0 Å². The lowest BCUT2D eigenvalue weighted by atomic mass is 9.73. The fourth-order valence-electron chi connectivity index (χ4n) is 6.45. The topological polar surface area (TPSA) is 205 Å². The van der Waals surface area contributed by atoms with Crippen LogP contribution in [0.2, 0.25) is 0 Å². The van der Waals surface area contributed by atoms with Gasteiger partial charge in [0.15, 0.2) is 0 Å². The minimum Gasteiger partial charge on any atom is -0.363 e. The number of nitrogens with two attached hydrogens (primary N) is 1. The summed E-state index contributed by atoms with van der Waals surface area (Å²) in [5.41, 5.74) is 4.42. The Balaban J connectivity index is 1.51. The van der Waals surface area contributed by atoms with Crippen LogP contribution in [0.25, 0.3) is 0 Å². The van der Waals surface area contributed by atoms with E-state index in [0.717, 1.165) is 26.3 Å². The second-order valence-corrected chi connectivity index (χ2v) is 16.6. The third-order valence-corrected chi connectivity index (χ3v) is 11.4. The van der Waals surface area contributed by atoms with Crippen LogP contribution in [-0.2, 0) is 34.0 Å². The summed E-state index contributed by atoms with van der Waals surface area (Å²) < 4.78 is 26.8. The van der Waals surface area contributed by atoms with E-state index in [0.29, 0.717) is 17.1 Å². The maximum atomic E-state index is 14.2. The maximum Gasteiger partial charge on any atom is 0.316 e. The van der Waals surface area contributed by atoms with Crippen molar-refractivity contribution < 1.29 is 37.2 Å².